The van der Waals surface area contributed by atoms with Gasteiger partial charge < -0.3 is 4.57 Å². The van der Waals surface area contributed by atoms with Crippen molar-refractivity contribution in [3.05, 3.63) is 47.5 Å². The molecule has 3 aromatic rings. The van der Waals surface area contributed by atoms with Crippen molar-refractivity contribution in [2.45, 2.75) is 27.7 Å². The van der Waals surface area contributed by atoms with Gasteiger partial charge in [-0.15, -0.1) is 0 Å². The van der Waals surface area contributed by atoms with Gasteiger partial charge in [0.2, 0.25) is 0 Å². The van der Waals surface area contributed by atoms with Crippen LogP contribution in [0, 0.1) is 13.8 Å². The van der Waals surface area contributed by atoms with E-state index >= 15 is 0 Å². The maximum absolute atomic E-state index is 2.30. The Balaban J connectivity index is 0.000000574. The summed E-state index contributed by atoms with van der Waals surface area (Å²) in [6.07, 6.45) is 0. The van der Waals surface area contributed by atoms with Crippen LogP contribution < -0.4 is 0 Å². The molecule has 0 aliphatic carbocycles. The second-order valence-corrected chi connectivity index (χ2v) is 4.48. The lowest BCUT2D eigenvalue weighted by Crippen LogP contribution is -1.90. The average molecular weight is 239 g/mol. The van der Waals surface area contributed by atoms with E-state index in [1.54, 1.807) is 0 Å². The number of fused-ring (bicyclic) bond motifs is 3. The minimum Gasteiger partial charge on any atom is -0.343 e. The molecule has 3 rings (SSSR count). The van der Waals surface area contributed by atoms with E-state index in [0.29, 0.717) is 0 Å². The second kappa shape index (κ2) is 4.85. The molecule has 1 nitrogen and oxygen atoms in total. The Kier molecular flexibility index (Phi) is 3.42. The summed E-state index contributed by atoms with van der Waals surface area (Å²) < 4.78 is 2.30. The molecule has 0 aliphatic rings. The fraction of sp³-hybridized carbons (Fsp3) is 0.294. The number of hydrogen-bond acceptors (Lipinski definition) is 0. The molecule has 0 spiro atoms. The van der Waals surface area contributed by atoms with Gasteiger partial charge >= 0.3 is 0 Å². The predicted molar refractivity (Wildman–Crippen MR) is 81.2 cm³/mol. The molecule has 18 heavy (non-hydrogen) atoms. The minimum absolute atomic E-state index is 1.31. The zero-order chi connectivity index (χ0) is 13.3. The molecule has 0 amide bonds. The van der Waals surface area contributed by atoms with Crippen LogP contribution in [-0.2, 0) is 7.05 Å². The third-order valence-corrected chi connectivity index (χ3v) is 3.59. The van der Waals surface area contributed by atoms with Gasteiger partial charge in [-0.2, -0.15) is 0 Å². The number of aryl methyl sites for hydroxylation is 3. The van der Waals surface area contributed by atoms with Crippen LogP contribution in [0.5, 0.6) is 0 Å². The highest BCUT2D eigenvalue weighted by Gasteiger charge is 2.10. The molecule has 0 bridgehead atoms. The lowest BCUT2D eigenvalue weighted by molar-refractivity contribution is 1.01. The molecule has 0 atom stereocenters. The van der Waals surface area contributed by atoms with Crippen LogP contribution in [-0.4, -0.2) is 4.57 Å². The third-order valence-electron chi connectivity index (χ3n) is 3.59. The Morgan fingerprint density at radius 3 is 2.22 bits per heavy atom. The van der Waals surface area contributed by atoms with E-state index in [9.17, 15) is 0 Å². The Hall–Kier alpha value is -1.76. The molecular formula is C17H21N. The molecule has 1 heterocycles. The highest BCUT2D eigenvalue weighted by molar-refractivity contribution is 6.09. The first-order valence-corrected chi connectivity index (χ1v) is 6.63. The largest absolute Gasteiger partial charge is 0.343 e. The van der Waals surface area contributed by atoms with Gasteiger partial charge in [0.05, 0.1) is 5.52 Å². The van der Waals surface area contributed by atoms with Gasteiger partial charge in [0.1, 0.15) is 0 Å². The van der Waals surface area contributed by atoms with Crippen molar-refractivity contribution in [1.82, 2.24) is 4.57 Å². The number of hydrogen-bond donors (Lipinski definition) is 0. The first-order valence-electron chi connectivity index (χ1n) is 6.63. The first-order chi connectivity index (χ1) is 8.70. The molecular weight excluding hydrogens is 218 g/mol. The Morgan fingerprint density at radius 2 is 1.50 bits per heavy atom. The molecule has 1 heteroatoms. The van der Waals surface area contributed by atoms with Gasteiger partial charge in [-0.05, 0) is 31.0 Å². The number of rotatable bonds is 0. The van der Waals surface area contributed by atoms with E-state index in [1.165, 1.54) is 32.9 Å². The lowest BCUT2D eigenvalue weighted by Gasteiger charge is -2.04. The van der Waals surface area contributed by atoms with Crippen LogP contribution in [0.2, 0.25) is 0 Å². The summed E-state index contributed by atoms with van der Waals surface area (Å²) in [5, 5.41) is 2.71. The summed E-state index contributed by atoms with van der Waals surface area (Å²) in [7, 11) is 2.15. The van der Waals surface area contributed by atoms with Gasteiger partial charge in [-0.25, -0.2) is 0 Å². The second-order valence-electron chi connectivity index (χ2n) is 4.48. The van der Waals surface area contributed by atoms with E-state index in [0.717, 1.165) is 0 Å². The highest BCUT2D eigenvalue weighted by Crippen LogP contribution is 2.31. The fourth-order valence-electron chi connectivity index (χ4n) is 2.56. The van der Waals surface area contributed by atoms with E-state index in [2.05, 4.69) is 61.9 Å². The first kappa shape index (κ1) is 12.7. The van der Waals surface area contributed by atoms with Crippen LogP contribution in [0.3, 0.4) is 0 Å². The lowest BCUT2D eigenvalue weighted by atomic mass is 10.1. The van der Waals surface area contributed by atoms with E-state index in [-0.39, 0.29) is 0 Å². The summed E-state index contributed by atoms with van der Waals surface area (Å²) >= 11 is 0. The number of nitrogens with zero attached hydrogens (tertiary/aromatic N) is 1. The van der Waals surface area contributed by atoms with Crippen molar-refractivity contribution in [2.24, 2.45) is 7.05 Å². The summed E-state index contributed by atoms with van der Waals surface area (Å²) in [4.78, 5) is 0. The van der Waals surface area contributed by atoms with Gasteiger partial charge in [-0.1, -0.05) is 44.2 Å². The van der Waals surface area contributed by atoms with E-state index in [4.69, 9.17) is 0 Å². The zero-order valence-corrected chi connectivity index (χ0v) is 11.9. The molecule has 0 N–H and O–H groups in total. The summed E-state index contributed by atoms with van der Waals surface area (Å²) in [6.45, 7) is 8.38. The summed E-state index contributed by atoms with van der Waals surface area (Å²) in [6, 6.07) is 13.0. The molecule has 94 valence electrons. The van der Waals surface area contributed by atoms with Crippen LogP contribution in [0.15, 0.2) is 36.4 Å². The maximum atomic E-state index is 2.30. The molecule has 1 aromatic heterocycles. The Bertz CT molecular complexity index is 689. The van der Waals surface area contributed by atoms with Gasteiger partial charge in [0, 0.05) is 23.3 Å². The van der Waals surface area contributed by atoms with E-state index in [1.807, 2.05) is 13.8 Å². The summed E-state index contributed by atoms with van der Waals surface area (Å²) in [5.41, 5.74) is 5.42. The van der Waals surface area contributed by atoms with Crippen LogP contribution in [0.1, 0.15) is 25.0 Å². The van der Waals surface area contributed by atoms with Crippen molar-refractivity contribution < 1.29 is 0 Å². The van der Waals surface area contributed by atoms with Gasteiger partial charge in [0.15, 0.2) is 0 Å². The molecule has 0 radical (unpaired) electrons. The van der Waals surface area contributed by atoms with Crippen molar-refractivity contribution in [1.29, 1.82) is 0 Å². The van der Waals surface area contributed by atoms with Crippen LogP contribution in [0.25, 0.3) is 21.8 Å². The van der Waals surface area contributed by atoms with Crippen molar-refractivity contribution in [3.63, 3.8) is 0 Å². The number of aromatic nitrogens is 1. The molecule has 0 fully saturated rings. The predicted octanol–water partition coefficient (Wildman–Crippen LogP) is 4.97. The molecule has 0 aliphatic heterocycles. The SMILES string of the molecule is CC.Cc1ccc2c3ccccc3n(C)c2c1C. The minimum atomic E-state index is 1.31. The number of para-hydroxylation sites is 1. The van der Waals surface area contributed by atoms with Crippen molar-refractivity contribution in [2.75, 3.05) is 0 Å². The Labute approximate surface area is 109 Å². The summed E-state index contributed by atoms with van der Waals surface area (Å²) in [5.74, 6) is 0. The third kappa shape index (κ3) is 1.71. The van der Waals surface area contributed by atoms with Crippen molar-refractivity contribution in [3.8, 4) is 0 Å². The van der Waals surface area contributed by atoms with Crippen LogP contribution in [0.4, 0.5) is 0 Å². The van der Waals surface area contributed by atoms with Crippen LogP contribution >= 0.6 is 0 Å². The topological polar surface area (TPSA) is 4.93 Å². The quantitative estimate of drug-likeness (QED) is 0.521. The molecule has 0 unspecified atom stereocenters. The standard InChI is InChI=1S/C15H15N.C2H6/c1-10-8-9-13-12-6-4-5-7-14(12)16(3)15(13)11(10)2;1-2/h4-9H,1-3H3;1-2H3. The molecule has 2 aromatic carbocycles. The maximum Gasteiger partial charge on any atom is 0.0521 e. The monoisotopic (exact) mass is 239 g/mol. The molecule has 0 saturated heterocycles. The molecule has 0 saturated carbocycles. The highest BCUT2D eigenvalue weighted by atomic mass is 14.9. The smallest absolute Gasteiger partial charge is 0.0521 e. The average Bonchev–Trinajstić information content (AvgIpc) is 2.71. The van der Waals surface area contributed by atoms with Gasteiger partial charge in [0.25, 0.3) is 0 Å². The Morgan fingerprint density at radius 1 is 0.833 bits per heavy atom. The van der Waals surface area contributed by atoms with Crippen molar-refractivity contribution >= 4 is 21.8 Å². The van der Waals surface area contributed by atoms with Gasteiger partial charge in [-0.3, -0.25) is 0 Å². The normalized spacial score (nSPS) is 10.5. The number of benzene rings is 2. The van der Waals surface area contributed by atoms with E-state index < -0.39 is 0 Å². The zero-order valence-electron chi connectivity index (χ0n) is 11.9. The fourth-order valence-corrected chi connectivity index (χ4v) is 2.56.